The molecule has 1 aromatic carbocycles. The molecule has 6 nitrogen and oxygen atoms in total. The van der Waals surface area contributed by atoms with Gasteiger partial charge in [0.1, 0.15) is 5.52 Å². The summed E-state index contributed by atoms with van der Waals surface area (Å²) in [5, 5.41) is 17.3. The van der Waals surface area contributed by atoms with Crippen LogP contribution in [-0.2, 0) is 11.3 Å². The second kappa shape index (κ2) is 4.86. The van der Waals surface area contributed by atoms with E-state index in [2.05, 4.69) is 10.3 Å². The van der Waals surface area contributed by atoms with E-state index in [1.54, 1.807) is 25.3 Å². The number of carboxylic acids is 1. The zero-order valence-corrected chi connectivity index (χ0v) is 11.4. The fourth-order valence-corrected chi connectivity index (χ4v) is 2.52. The van der Waals surface area contributed by atoms with E-state index in [9.17, 15) is 4.79 Å². The number of aromatic carboxylic acids is 1. The van der Waals surface area contributed by atoms with Crippen LogP contribution in [0.1, 0.15) is 29.6 Å². The molecule has 1 N–H and O–H groups in total. The molecule has 3 rings (SSSR count). The van der Waals surface area contributed by atoms with Gasteiger partial charge in [0.05, 0.1) is 11.1 Å². The van der Waals surface area contributed by atoms with Crippen LogP contribution in [0.4, 0.5) is 0 Å². The Bertz CT molecular complexity index is 646. The molecule has 0 atom stereocenters. The van der Waals surface area contributed by atoms with Gasteiger partial charge in [-0.2, -0.15) is 0 Å². The maximum absolute atomic E-state index is 11.1. The third-order valence-electron chi connectivity index (χ3n) is 4.04. The molecular weight excluding hydrogens is 258 g/mol. The average Bonchev–Trinajstić information content (AvgIpc) is 3.10. The Kier molecular flexibility index (Phi) is 3.17. The van der Waals surface area contributed by atoms with E-state index in [1.807, 2.05) is 4.68 Å². The third kappa shape index (κ3) is 2.38. The van der Waals surface area contributed by atoms with Crippen molar-refractivity contribution in [2.24, 2.45) is 5.41 Å². The fraction of sp³-hybridized carbons (Fsp3) is 0.500. The monoisotopic (exact) mass is 275 g/mol. The lowest BCUT2D eigenvalue weighted by Crippen LogP contribution is -2.15. The number of carboxylic acid groups (broad SMARTS) is 1. The first kappa shape index (κ1) is 13.1. The van der Waals surface area contributed by atoms with E-state index < -0.39 is 5.97 Å². The predicted molar refractivity (Wildman–Crippen MR) is 72.6 cm³/mol. The highest BCUT2D eigenvalue weighted by Crippen LogP contribution is 2.50. The smallest absolute Gasteiger partial charge is 0.335 e. The number of nitrogens with zero attached hydrogens (tertiary/aromatic N) is 3. The largest absolute Gasteiger partial charge is 0.478 e. The summed E-state index contributed by atoms with van der Waals surface area (Å²) < 4.78 is 6.98. The zero-order chi connectivity index (χ0) is 14.2. The minimum atomic E-state index is -0.930. The molecule has 20 heavy (non-hydrogen) atoms. The van der Waals surface area contributed by atoms with Crippen LogP contribution in [0.5, 0.6) is 0 Å². The number of benzene rings is 1. The van der Waals surface area contributed by atoms with Crippen LogP contribution in [0, 0.1) is 5.41 Å². The number of carbonyl (C=O) groups is 1. The maximum Gasteiger partial charge on any atom is 0.335 e. The molecule has 1 aliphatic rings. The highest BCUT2D eigenvalue weighted by Gasteiger charge is 2.42. The van der Waals surface area contributed by atoms with Crippen LogP contribution in [-0.4, -0.2) is 39.8 Å². The van der Waals surface area contributed by atoms with Gasteiger partial charge in [0, 0.05) is 20.3 Å². The molecule has 2 aromatic rings. The van der Waals surface area contributed by atoms with Crippen LogP contribution in [0.2, 0.25) is 0 Å². The van der Waals surface area contributed by atoms with Crippen LogP contribution in [0.15, 0.2) is 18.2 Å². The lowest BCUT2D eigenvalue weighted by atomic mass is 10.0. The molecule has 1 aliphatic carbocycles. The minimum absolute atomic E-state index is 0.246. The van der Waals surface area contributed by atoms with Crippen molar-refractivity contribution in [2.75, 3.05) is 13.7 Å². The summed E-state index contributed by atoms with van der Waals surface area (Å²) >= 11 is 0. The van der Waals surface area contributed by atoms with E-state index >= 15 is 0 Å². The van der Waals surface area contributed by atoms with Gasteiger partial charge in [-0.15, -0.1) is 5.10 Å². The first-order valence-electron chi connectivity index (χ1n) is 6.69. The molecule has 0 unspecified atom stereocenters. The van der Waals surface area contributed by atoms with E-state index in [0.29, 0.717) is 0 Å². The van der Waals surface area contributed by atoms with E-state index in [-0.39, 0.29) is 11.0 Å². The van der Waals surface area contributed by atoms with Gasteiger partial charge >= 0.3 is 5.97 Å². The van der Waals surface area contributed by atoms with Gasteiger partial charge in [0.2, 0.25) is 0 Å². The molecular formula is C14H17N3O3. The van der Waals surface area contributed by atoms with E-state index in [0.717, 1.165) is 43.4 Å². The van der Waals surface area contributed by atoms with Gasteiger partial charge in [0.15, 0.2) is 0 Å². The SMILES string of the molecule is COCCC1(Cn2nnc3ccc(C(=O)O)cc32)CC1. The number of rotatable bonds is 6. The first-order valence-corrected chi connectivity index (χ1v) is 6.69. The van der Waals surface area contributed by atoms with Crippen LogP contribution >= 0.6 is 0 Å². The Morgan fingerprint density at radius 3 is 2.95 bits per heavy atom. The molecule has 106 valence electrons. The highest BCUT2D eigenvalue weighted by atomic mass is 16.5. The summed E-state index contributed by atoms with van der Waals surface area (Å²) in [6, 6.07) is 4.91. The third-order valence-corrected chi connectivity index (χ3v) is 4.04. The minimum Gasteiger partial charge on any atom is -0.478 e. The Morgan fingerprint density at radius 1 is 1.50 bits per heavy atom. The van der Waals surface area contributed by atoms with Crippen molar-refractivity contribution in [3.8, 4) is 0 Å². The normalized spacial score (nSPS) is 16.4. The van der Waals surface area contributed by atoms with Crippen molar-refractivity contribution in [2.45, 2.75) is 25.8 Å². The molecule has 0 spiro atoms. The average molecular weight is 275 g/mol. The topological polar surface area (TPSA) is 77.2 Å². The summed E-state index contributed by atoms with van der Waals surface area (Å²) in [6.07, 6.45) is 3.33. The van der Waals surface area contributed by atoms with E-state index in [1.165, 1.54) is 0 Å². The van der Waals surface area contributed by atoms with Crippen molar-refractivity contribution >= 4 is 17.0 Å². The lowest BCUT2D eigenvalue weighted by Gasteiger charge is -2.14. The molecule has 1 heterocycles. The second-order valence-corrected chi connectivity index (χ2v) is 5.50. The Labute approximate surface area is 116 Å². The van der Waals surface area contributed by atoms with Gasteiger partial charge < -0.3 is 9.84 Å². The molecule has 0 bridgehead atoms. The summed E-state index contributed by atoms with van der Waals surface area (Å²) in [5.41, 5.74) is 2.03. The summed E-state index contributed by atoms with van der Waals surface area (Å²) in [7, 11) is 1.71. The lowest BCUT2D eigenvalue weighted by molar-refractivity contribution is 0.0697. The molecule has 1 saturated carbocycles. The standard InChI is InChI=1S/C14H17N3O3/c1-20-7-6-14(4-5-14)9-17-12-8-10(13(18)19)2-3-11(12)15-16-17/h2-3,8H,4-7,9H2,1H3,(H,18,19). The number of fused-ring (bicyclic) bond motifs is 1. The first-order chi connectivity index (χ1) is 9.63. The molecule has 0 aliphatic heterocycles. The second-order valence-electron chi connectivity index (χ2n) is 5.50. The van der Waals surface area contributed by atoms with Gasteiger partial charge in [-0.1, -0.05) is 5.21 Å². The van der Waals surface area contributed by atoms with Crippen molar-refractivity contribution in [1.29, 1.82) is 0 Å². The highest BCUT2D eigenvalue weighted by molar-refractivity contribution is 5.92. The molecule has 1 aromatic heterocycles. The van der Waals surface area contributed by atoms with Crippen molar-refractivity contribution in [3.63, 3.8) is 0 Å². The predicted octanol–water partition coefficient (Wildman–Crippen LogP) is 1.95. The summed E-state index contributed by atoms with van der Waals surface area (Å²) in [6.45, 7) is 1.52. The summed E-state index contributed by atoms with van der Waals surface area (Å²) in [5.74, 6) is -0.930. The van der Waals surface area contributed by atoms with Gasteiger partial charge in [-0.05, 0) is 42.9 Å². The molecule has 6 heteroatoms. The Balaban J connectivity index is 1.88. The quantitative estimate of drug-likeness (QED) is 0.871. The molecule has 0 saturated heterocycles. The van der Waals surface area contributed by atoms with Crippen LogP contribution in [0.25, 0.3) is 11.0 Å². The fourth-order valence-electron chi connectivity index (χ4n) is 2.52. The molecule has 0 radical (unpaired) electrons. The van der Waals surface area contributed by atoms with Crippen LogP contribution < -0.4 is 0 Å². The van der Waals surface area contributed by atoms with Crippen molar-refractivity contribution in [1.82, 2.24) is 15.0 Å². The zero-order valence-electron chi connectivity index (χ0n) is 11.4. The Hall–Kier alpha value is -1.95. The maximum atomic E-state index is 11.1. The number of hydrogen-bond acceptors (Lipinski definition) is 4. The van der Waals surface area contributed by atoms with E-state index in [4.69, 9.17) is 9.84 Å². The molecule has 1 fully saturated rings. The Morgan fingerprint density at radius 2 is 2.30 bits per heavy atom. The number of hydrogen-bond donors (Lipinski definition) is 1. The number of aromatic nitrogens is 3. The molecule has 0 amide bonds. The van der Waals surface area contributed by atoms with Gasteiger partial charge in [0.25, 0.3) is 0 Å². The van der Waals surface area contributed by atoms with Crippen LogP contribution in [0.3, 0.4) is 0 Å². The van der Waals surface area contributed by atoms with Crippen molar-refractivity contribution in [3.05, 3.63) is 23.8 Å². The van der Waals surface area contributed by atoms with Crippen molar-refractivity contribution < 1.29 is 14.6 Å². The number of ether oxygens (including phenoxy) is 1. The number of methoxy groups -OCH3 is 1. The van der Waals surface area contributed by atoms with Gasteiger partial charge in [-0.25, -0.2) is 9.48 Å². The summed E-state index contributed by atoms with van der Waals surface area (Å²) in [4.78, 5) is 11.1. The van der Waals surface area contributed by atoms with Gasteiger partial charge in [-0.3, -0.25) is 0 Å².